The molecule has 1 saturated heterocycles. The number of aliphatic hydroxyl groups is 1. The molecular formula is C20H28N2O2. The number of benzene rings is 1. The molecule has 0 saturated carbocycles. The number of carbonyl (C=O) groups is 1. The van der Waals surface area contributed by atoms with E-state index >= 15 is 0 Å². The molecule has 4 nitrogen and oxygen atoms in total. The Balaban J connectivity index is 1.50. The van der Waals surface area contributed by atoms with Crippen LogP contribution < -0.4 is 4.90 Å². The van der Waals surface area contributed by atoms with E-state index in [-0.39, 0.29) is 17.9 Å². The average molecular weight is 328 g/mol. The predicted molar refractivity (Wildman–Crippen MR) is 97.1 cm³/mol. The SMILES string of the molecule is C=CCCC(O)CN1CCC(C(=O)N2CCc3ccccc32)CC1. The zero-order valence-electron chi connectivity index (χ0n) is 14.4. The minimum atomic E-state index is -0.291. The Kier molecular flexibility index (Phi) is 5.69. The zero-order valence-corrected chi connectivity index (χ0v) is 14.4. The molecule has 4 heteroatoms. The number of carbonyl (C=O) groups excluding carboxylic acids is 1. The Bertz CT molecular complexity index is 579. The summed E-state index contributed by atoms with van der Waals surface area (Å²) in [6, 6.07) is 8.24. The molecule has 1 atom stereocenters. The third kappa shape index (κ3) is 3.87. The van der Waals surface area contributed by atoms with Gasteiger partial charge >= 0.3 is 0 Å². The molecule has 2 aliphatic heterocycles. The number of para-hydroxylation sites is 1. The van der Waals surface area contributed by atoms with Crippen molar-refractivity contribution in [1.29, 1.82) is 0 Å². The molecule has 0 spiro atoms. The van der Waals surface area contributed by atoms with Crippen molar-refractivity contribution in [2.45, 2.75) is 38.2 Å². The number of aliphatic hydroxyl groups excluding tert-OH is 1. The van der Waals surface area contributed by atoms with Crippen molar-refractivity contribution in [1.82, 2.24) is 4.90 Å². The van der Waals surface area contributed by atoms with Crippen LogP contribution in [0.1, 0.15) is 31.2 Å². The van der Waals surface area contributed by atoms with E-state index in [4.69, 9.17) is 0 Å². The number of hydrogen-bond donors (Lipinski definition) is 1. The molecule has 0 aromatic heterocycles. The summed E-state index contributed by atoms with van der Waals surface area (Å²) in [7, 11) is 0. The minimum absolute atomic E-state index is 0.123. The van der Waals surface area contributed by atoms with Gasteiger partial charge in [0.25, 0.3) is 0 Å². The van der Waals surface area contributed by atoms with Gasteiger partial charge in [0.2, 0.25) is 5.91 Å². The lowest BCUT2D eigenvalue weighted by Gasteiger charge is -2.34. The van der Waals surface area contributed by atoms with E-state index in [0.717, 1.165) is 57.4 Å². The highest BCUT2D eigenvalue weighted by atomic mass is 16.3. The molecule has 1 aromatic carbocycles. The van der Waals surface area contributed by atoms with Crippen molar-refractivity contribution in [3.8, 4) is 0 Å². The van der Waals surface area contributed by atoms with Gasteiger partial charge in [0, 0.05) is 24.7 Å². The number of likely N-dealkylation sites (tertiary alicyclic amines) is 1. The molecule has 2 heterocycles. The van der Waals surface area contributed by atoms with Gasteiger partial charge in [0.15, 0.2) is 0 Å². The number of fused-ring (bicyclic) bond motifs is 1. The summed E-state index contributed by atoms with van der Waals surface area (Å²) in [5.74, 6) is 0.407. The monoisotopic (exact) mass is 328 g/mol. The third-order valence-electron chi connectivity index (χ3n) is 5.26. The van der Waals surface area contributed by atoms with Crippen LogP contribution in [0.5, 0.6) is 0 Å². The summed E-state index contributed by atoms with van der Waals surface area (Å²) < 4.78 is 0. The van der Waals surface area contributed by atoms with Crippen molar-refractivity contribution >= 4 is 11.6 Å². The van der Waals surface area contributed by atoms with E-state index in [2.05, 4.69) is 23.6 Å². The molecule has 3 rings (SSSR count). The number of piperidine rings is 1. The molecule has 24 heavy (non-hydrogen) atoms. The largest absolute Gasteiger partial charge is 0.392 e. The van der Waals surface area contributed by atoms with E-state index in [0.29, 0.717) is 6.54 Å². The lowest BCUT2D eigenvalue weighted by Crippen LogP contribution is -2.44. The highest BCUT2D eigenvalue weighted by Crippen LogP contribution is 2.31. The normalized spacial score (nSPS) is 20.0. The molecule has 0 aliphatic carbocycles. The molecule has 0 radical (unpaired) electrons. The standard InChI is InChI=1S/C20H28N2O2/c1-2-3-7-18(23)15-21-12-9-17(10-13-21)20(24)22-14-11-16-6-4-5-8-19(16)22/h2,4-6,8,17-18,23H,1,3,7,9-15H2. The van der Waals surface area contributed by atoms with Crippen LogP contribution >= 0.6 is 0 Å². The maximum atomic E-state index is 12.9. The van der Waals surface area contributed by atoms with E-state index < -0.39 is 0 Å². The van der Waals surface area contributed by atoms with Gasteiger partial charge in [-0.3, -0.25) is 4.79 Å². The highest BCUT2D eigenvalue weighted by Gasteiger charge is 2.32. The molecule has 0 bridgehead atoms. The fourth-order valence-electron chi connectivity index (χ4n) is 3.85. The van der Waals surface area contributed by atoms with Gasteiger partial charge in [-0.2, -0.15) is 0 Å². The predicted octanol–water partition coefficient (Wildman–Crippen LogP) is 2.61. The van der Waals surface area contributed by atoms with Crippen LogP contribution in [0.3, 0.4) is 0 Å². The molecule has 1 aromatic rings. The van der Waals surface area contributed by atoms with Crippen LogP contribution in [-0.4, -0.2) is 48.2 Å². The van der Waals surface area contributed by atoms with Gasteiger partial charge in [-0.1, -0.05) is 24.3 Å². The molecule has 130 valence electrons. The van der Waals surface area contributed by atoms with E-state index in [1.54, 1.807) is 0 Å². The van der Waals surface area contributed by atoms with Crippen molar-refractivity contribution in [3.63, 3.8) is 0 Å². The average Bonchev–Trinajstić information content (AvgIpc) is 3.04. The van der Waals surface area contributed by atoms with Crippen LogP contribution in [0.2, 0.25) is 0 Å². The maximum Gasteiger partial charge on any atom is 0.230 e. The summed E-state index contributed by atoms with van der Waals surface area (Å²) in [6.07, 6.45) is 5.94. The van der Waals surface area contributed by atoms with Gasteiger partial charge in [-0.25, -0.2) is 0 Å². The van der Waals surface area contributed by atoms with E-state index in [1.165, 1.54) is 5.56 Å². The Morgan fingerprint density at radius 2 is 2.04 bits per heavy atom. The first kappa shape index (κ1) is 17.2. The first-order valence-corrected chi connectivity index (χ1v) is 9.09. The number of β-amino-alcohol motifs (C(OH)–C–C–N with tert-alkyl or cyclic N) is 1. The number of hydrogen-bond acceptors (Lipinski definition) is 3. The first-order chi connectivity index (χ1) is 11.7. The second kappa shape index (κ2) is 7.95. The highest BCUT2D eigenvalue weighted by molar-refractivity contribution is 5.97. The maximum absolute atomic E-state index is 12.9. The van der Waals surface area contributed by atoms with Crippen LogP contribution in [0, 0.1) is 5.92 Å². The van der Waals surface area contributed by atoms with Gasteiger partial charge in [-0.15, -0.1) is 6.58 Å². The Morgan fingerprint density at radius 3 is 2.79 bits per heavy atom. The van der Waals surface area contributed by atoms with Crippen LogP contribution in [0.25, 0.3) is 0 Å². The fourth-order valence-corrected chi connectivity index (χ4v) is 3.85. The van der Waals surface area contributed by atoms with Crippen LogP contribution in [0.15, 0.2) is 36.9 Å². The number of rotatable bonds is 6. The van der Waals surface area contributed by atoms with Crippen molar-refractivity contribution < 1.29 is 9.90 Å². The van der Waals surface area contributed by atoms with Crippen molar-refractivity contribution in [3.05, 3.63) is 42.5 Å². The Morgan fingerprint density at radius 1 is 1.29 bits per heavy atom. The van der Waals surface area contributed by atoms with Gasteiger partial charge in [0.05, 0.1) is 6.10 Å². The molecule has 2 aliphatic rings. The summed E-state index contributed by atoms with van der Waals surface area (Å²) in [5.41, 5.74) is 2.39. The van der Waals surface area contributed by atoms with E-state index in [1.807, 2.05) is 23.1 Å². The topological polar surface area (TPSA) is 43.8 Å². The lowest BCUT2D eigenvalue weighted by atomic mass is 9.94. The number of nitrogens with zero attached hydrogens (tertiary/aromatic N) is 2. The Hall–Kier alpha value is -1.65. The first-order valence-electron chi connectivity index (χ1n) is 9.09. The van der Waals surface area contributed by atoms with Crippen molar-refractivity contribution in [2.75, 3.05) is 31.1 Å². The van der Waals surface area contributed by atoms with Gasteiger partial charge in [-0.05, 0) is 56.8 Å². The Labute approximate surface area is 144 Å². The number of anilines is 1. The smallest absolute Gasteiger partial charge is 0.230 e. The quantitative estimate of drug-likeness (QED) is 0.817. The van der Waals surface area contributed by atoms with Crippen molar-refractivity contribution in [2.24, 2.45) is 5.92 Å². The third-order valence-corrected chi connectivity index (χ3v) is 5.26. The van der Waals surface area contributed by atoms with Crippen LogP contribution in [-0.2, 0) is 11.2 Å². The second-order valence-corrected chi connectivity index (χ2v) is 6.96. The molecule has 1 unspecified atom stereocenters. The van der Waals surface area contributed by atoms with E-state index in [9.17, 15) is 9.90 Å². The van der Waals surface area contributed by atoms with Gasteiger partial charge < -0.3 is 14.9 Å². The summed E-state index contributed by atoms with van der Waals surface area (Å²) >= 11 is 0. The molecule has 1 N–H and O–H groups in total. The second-order valence-electron chi connectivity index (χ2n) is 6.96. The lowest BCUT2D eigenvalue weighted by molar-refractivity contribution is -0.123. The summed E-state index contributed by atoms with van der Waals surface area (Å²) in [4.78, 5) is 17.1. The summed E-state index contributed by atoms with van der Waals surface area (Å²) in [5, 5.41) is 10.0. The number of amides is 1. The number of allylic oxidation sites excluding steroid dienone is 1. The fraction of sp³-hybridized carbons (Fsp3) is 0.550. The minimum Gasteiger partial charge on any atom is -0.392 e. The van der Waals surface area contributed by atoms with Crippen LogP contribution in [0.4, 0.5) is 5.69 Å². The van der Waals surface area contributed by atoms with Gasteiger partial charge in [0.1, 0.15) is 0 Å². The molecule has 1 fully saturated rings. The molecule has 1 amide bonds. The summed E-state index contributed by atoms with van der Waals surface area (Å²) in [6.45, 7) is 7.02. The molecular weight excluding hydrogens is 300 g/mol. The zero-order chi connectivity index (χ0) is 16.9.